The number of aromatic nitrogens is 2. The van der Waals surface area contributed by atoms with E-state index in [0.717, 1.165) is 23.0 Å². The molecule has 0 fully saturated rings. The number of fused-ring (bicyclic) bond motifs is 1. The fraction of sp³-hybridized carbons (Fsp3) is 0.333. The summed E-state index contributed by atoms with van der Waals surface area (Å²) in [4.78, 5) is 8.55. The van der Waals surface area contributed by atoms with E-state index >= 15 is 0 Å². The minimum Gasteiger partial charge on any atom is -0.317 e. The number of likely N-dealkylation sites (N-methyl/N-ethyl adjacent to an activating group) is 1. The zero-order valence-electron chi connectivity index (χ0n) is 9.37. The lowest BCUT2D eigenvalue weighted by atomic mass is 10.1. The van der Waals surface area contributed by atoms with Crippen molar-refractivity contribution in [2.24, 2.45) is 0 Å². The average Bonchev–Trinajstić information content (AvgIpc) is 2.28. The van der Waals surface area contributed by atoms with Gasteiger partial charge in [-0.15, -0.1) is 0 Å². The van der Waals surface area contributed by atoms with Gasteiger partial charge in [-0.05, 0) is 32.2 Å². The first-order chi connectivity index (χ1) is 7.70. The van der Waals surface area contributed by atoms with Crippen molar-refractivity contribution in [2.75, 3.05) is 7.05 Å². The van der Waals surface area contributed by atoms with Gasteiger partial charge in [0.25, 0.3) is 0 Å². The summed E-state index contributed by atoms with van der Waals surface area (Å²) in [6.45, 7) is 2.13. The summed E-state index contributed by atoms with van der Waals surface area (Å²) >= 11 is 5.93. The van der Waals surface area contributed by atoms with Gasteiger partial charge in [-0.3, -0.25) is 0 Å². The van der Waals surface area contributed by atoms with E-state index in [0.29, 0.717) is 11.1 Å². The van der Waals surface area contributed by atoms with Crippen LogP contribution in [-0.4, -0.2) is 23.1 Å². The molecule has 0 aliphatic rings. The van der Waals surface area contributed by atoms with Crippen LogP contribution >= 0.6 is 11.6 Å². The van der Waals surface area contributed by atoms with Crippen molar-refractivity contribution in [1.82, 2.24) is 15.3 Å². The number of nitrogens with one attached hydrogen (secondary N) is 1. The normalized spacial score (nSPS) is 12.9. The largest absolute Gasteiger partial charge is 0.317 e. The highest BCUT2D eigenvalue weighted by Gasteiger charge is 2.07. The number of halogens is 1. The Balaban J connectivity index is 2.45. The van der Waals surface area contributed by atoms with Gasteiger partial charge in [-0.1, -0.05) is 11.6 Å². The van der Waals surface area contributed by atoms with Crippen LogP contribution in [0.3, 0.4) is 0 Å². The quantitative estimate of drug-likeness (QED) is 0.888. The molecule has 0 aliphatic heterocycles. The Labute approximate surface area is 99.9 Å². The second-order valence-electron chi connectivity index (χ2n) is 3.88. The zero-order valence-corrected chi connectivity index (χ0v) is 10.1. The van der Waals surface area contributed by atoms with Crippen molar-refractivity contribution in [3.05, 3.63) is 35.2 Å². The van der Waals surface area contributed by atoms with E-state index in [2.05, 4.69) is 22.2 Å². The molecule has 1 N–H and O–H groups in total. The van der Waals surface area contributed by atoms with Crippen LogP contribution in [0.4, 0.5) is 0 Å². The van der Waals surface area contributed by atoms with E-state index < -0.39 is 0 Å². The highest BCUT2D eigenvalue weighted by atomic mass is 35.5. The number of nitrogens with zero attached hydrogens (tertiary/aromatic N) is 2. The molecule has 0 amide bonds. The van der Waals surface area contributed by atoms with E-state index in [1.807, 2.05) is 25.2 Å². The Morgan fingerprint density at radius 3 is 2.94 bits per heavy atom. The predicted octanol–water partition coefficient (Wildman–Crippen LogP) is 2.43. The van der Waals surface area contributed by atoms with Crippen LogP contribution in [0.25, 0.3) is 10.9 Å². The number of rotatable bonds is 3. The molecule has 0 radical (unpaired) electrons. The third-order valence-corrected chi connectivity index (χ3v) is 2.91. The van der Waals surface area contributed by atoms with Crippen LogP contribution in [0, 0.1) is 0 Å². The number of hydrogen-bond acceptors (Lipinski definition) is 3. The second-order valence-corrected chi connectivity index (χ2v) is 4.31. The van der Waals surface area contributed by atoms with Gasteiger partial charge >= 0.3 is 0 Å². The van der Waals surface area contributed by atoms with Crippen LogP contribution in [0.15, 0.2) is 24.5 Å². The third-order valence-electron chi connectivity index (χ3n) is 2.67. The molecule has 0 saturated heterocycles. The second kappa shape index (κ2) is 4.76. The topological polar surface area (TPSA) is 37.8 Å². The lowest BCUT2D eigenvalue weighted by Crippen LogP contribution is -2.24. The predicted molar refractivity (Wildman–Crippen MR) is 66.8 cm³/mol. The summed E-state index contributed by atoms with van der Waals surface area (Å²) < 4.78 is 0. The lowest BCUT2D eigenvalue weighted by Gasteiger charge is -2.10. The monoisotopic (exact) mass is 235 g/mol. The van der Waals surface area contributed by atoms with E-state index in [1.165, 1.54) is 0 Å². The first-order valence-corrected chi connectivity index (χ1v) is 5.65. The zero-order chi connectivity index (χ0) is 11.5. The summed E-state index contributed by atoms with van der Waals surface area (Å²) in [6.07, 6.45) is 2.48. The molecule has 0 saturated carbocycles. The molecule has 16 heavy (non-hydrogen) atoms. The molecule has 1 aromatic carbocycles. The molecule has 0 spiro atoms. The molecule has 1 atom stereocenters. The first-order valence-electron chi connectivity index (χ1n) is 5.27. The summed E-state index contributed by atoms with van der Waals surface area (Å²) in [6, 6.07) is 6.12. The van der Waals surface area contributed by atoms with Gasteiger partial charge in [0, 0.05) is 22.9 Å². The Morgan fingerprint density at radius 2 is 2.19 bits per heavy atom. The van der Waals surface area contributed by atoms with Gasteiger partial charge in [0.15, 0.2) is 0 Å². The molecule has 3 nitrogen and oxygen atoms in total. The van der Waals surface area contributed by atoms with Gasteiger partial charge in [0.1, 0.15) is 6.33 Å². The summed E-state index contributed by atoms with van der Waals surface area (Å²) in [5.74, 6) is 0. The van der Waals surface area contributed by atoms with Crippen molar-refractivity contribution in [1.29, 1.82) is 0 Å². The fourth-order valence-electron chi connectivity index (χ4n) is 1.64. The molecule has 84 valence electrons. The van der Waals surface area contributed by atoms with Crippen LogP contribution in [0.5, 0.6) is 0 Å². The van der Waals surface area contributed by atoms with Crippen LogP contribution in [0.1, 0.15) is 12.6 Å². The lowest BCUT2D eigenvalue weighted by molar-refractivity contribution is 0.602. The van der Waals surface area contributed by atoms with Gasteiger partial charge in [-0.2, -0.15) is 0 Å². The van der Waals surface area contributed by atoms with E-state index in [1.54, 1.807) is 6.33 Å². The molecule has 0 aliphatic carbocycles. The van der Waals surface area contributed by atoms with Crippen molar-refractivity contribution < 1.29 is 0 Å². The van der Waals surface area contributed by atoms with Gasteiger partial charge < -0.3 is 5.32 Å². The smallest absolute Gasteiger partial charge is 0.116 e. The van der Waals surface area contributed by atoms with E-state index in [-0.39, 0.29) is 0 Å². The maximum absolute atomic E-state index is 5.93. The van der Waals surface area contributed by atoms with E-state index in [9.17, 15) is 0 Å². The third kappa shape index (κ3) is 2.31. The van der Waals surface area contributed by atoms with Crippen LogP contribution in [-0.2, 0) is 6.42 Å². The Bertz CT molecular complexity index is 499. The van der Waals surface area contributed by atoms with E-state index in [4.69, 9.17) is 11.6 Å². The first kappa shape index (κ1) is 11.3. The van der Waals surface area contributed by atoms with Gasteiger partial charge in [-0.25, -0.2) is 9.97 Å². The molecule has 1 unspecified atom stereocenters. The number of benzene rings is 1. The van der Waals surface area contributed by atoms with Crippen LogP contribution in [0.2, 0.25) is 5.02 Å². The standard InChI is InChI=1S/C12H14ClN3/c1-8(14-2)5-11-10-4-3-9(13)6-12(10)16-7-15-11/h3-4,6-8,14H,5H2,1-2H3. The fourth-order valence-corrected chi connectivity index (χ4v) is 1.81. The average molecular weight is 236 g/mol. The molecule has 4 heteroatoms. The molecule has 2 rings (SSSR count). The highest BCUT2D eigenvalue weighted by molar-refractivity contribution is 6.31. The minimum absolute atomic E-state index is 0.397. The summed E-state index contributed by atoms with van der Waals surface area (Å²) in [5, 5.41) is 4.99. The van der Waals surface area contributed by atoms with Crippen molar-refractivity contribution in [3.8, 4) is 0 Å². The van der Waals surface area contributed by atoms with Crippen LogP contribution < -0.4 is 5.32 Å². The van der Waals surface area contributed by atoms with Crippen molar-refractivity contribution in [3.63, 3.8) is 0 Å². The summed E-state index contributed by atoms with van der Waals surface area (Å²) in [7, 11) is 1.95. The molecular formula is C12H14ClN3. The maximum atomic E-state index is 5.93. The van der Waals surface area contributed by atoms with Crippen molar-refractivity contribution in [2.45, 2.75) is 19.4 Å². The van der Waals surface area contributed by atoms with Gasteiger partial charge in [0.2, 0.25) is 0 Å². The highest BCUT2D eigenvalue weighted by Crippen LogP contribution is 2.20. The molecule has 1 heterocycles. The molecule has 0 bridgehead atoms. The van der Waals surface area contributed by atoms with Crippen molar-refractivity contribution >= 4 is 22.5 Å². The minimum atomic E-state index is 0.397. The molecule has 1 aromatic heterocycles. The Kier molecular flexibility index (Phi) is 3.36. The Hall–Kier alpha value is -1.19. The number of hydrogen-bond donors (Lipinski definition) is 1. The molecular weight excluding hydrogens is 222 g/mol. The summed E-state index contributed by atoms with van der Waals surface area (Å²) in [5.41, 5.74) is 1.96. The maximum Gasteiger partial charge on any atom is 0.116 e. The SMILES string of the molecule is CNC(C)Cc1ncnc2cc(Cl)ccc12. The van der Waals surface area contributed by atoms with Gasteiger partial charge in [0.05, 0.1) is 11.2 Å². The Morgan fingerprint density at radius 1 is 1.38 bits per heavy atom. The molecule has 2 aromatic rings.